The van der Waals surface area contributed by atoms with E-state index in [-0.39, 0.29) is 5.54 Å². The fraction of sp³-hybridized carbons (Fsp3) is 0.933. The zero-order valence-corrected chi connectivity index (χ0v) is 12.1. The number of rotatable bonds is 1. The highest BCUT2D eigenvalue weighted by Gasteiger charge is 2.61. The average Bonchev–Trinajstić information content (AvgIpc) is 2.07. The lowest BCUT2D eigenvalue weighted by Crippen LogP contribution is -2.69. The number of carboxylic acid groups (broad SMARTS) is 1. The molecule has 4 rings (SSSR count). The Kier molecular flexibility index (Phi) is 2.55. The summed E-state index contributed by atoms with van der Waals surface area (Å²) in [5.74, 6) is 1.02. The number of nitrogens with zero attached hydrogens (tertiary/aromatic N) is 1. The predicted molar refractivity (Wildman–Crippen MR) is 72.0 cm³/mol. The van der Waals surface area contributed by atoms with Gasteiger partial charge in [-0.25, -0.2) is 4.79 Å². The standard InChI is InChI=1S/C15H25NO3/c1-13(2,3)16(12(17)18)14-5-10-4-11(6-14)8-15(19,7-10)9-14/h10-11,19H,4-9H2,1-3H3,(H,17,18). The fourth-order valence-electron chi connectivity index (χ4n) is 5.63. The van der Waals surface area contributed by atoms with E-state index in [0.29, 0.717) is 18.3 Å². The van der Waals surface area contributed by atoms with Crippen molar-refractivity contribution in [3.63, 3.8) is 0 Å². The van der Waals surface area contributed by atoms with Crippen molar-refractivity contribution in [1.82, 2.24) is 4.90 Å². The second-order valence-electron chi connectivity index (χ2n) is 8.20. The molecule has 4 heteroatoms. The first-order valence-electron chi connectivity index (χ1n) is 7.39. The molecule has 1 amide bonds. The van der Waals surface area contributed by atoms with Crippen molar-refractivity contribution in [3.8, 4) is 0 Å². The van der Waals surface area contributed by atoms with Gasteiger partial charge in [-0.2, -0.15) is 0 Å². The molecule has 4 aliphatic rings. The van der Waals surface area contributed by atoms with E-state index in [0.717, 1.165) is 25.7 Å². The highest BCUT2D eigenvalue weighted by Crippen LogP contribution is 2.60. The molecular formula is C15H25NO3. The van der Waals surface area contributed by atoms with Gasteiger partial charge in [-0.15, -0.1) is 0 Å². The van der Waals surface area contributed by atoms with E-state index < -0.39 is 17.2 Å². The molecule has 0 saturated heterocycles. The summed E-state index contributed by atoms with van der Waals surface area (Å²) in [6, 6.07) is 0. The van der Waals surface area contributed by atoms with Gasteiger partial charge in [0.25, 0.3) is 0 Å². The molecule has 2 unspecified atom stereocenters. The van der Waals surface area contributed by atoms with Gasteiger partial charge in [-0.3, -0.25) is 4.90 Å². The largest absolute Gasteiger partial charge is 0.465 e. The molecular weight excluding hydrogens is 242 g/mol. The van der Waals surface area contributed by atoms with Gasteiger partial charge in [0.05, 0.1) is 11.1 Å². The van der Waals surface area contributed by atoms with Crippen LogP contribution in [0, 0.1) is 11.8 Å². The average molecular weight is 267 g/mol. The van der Waals surface area contributed by atoms with Gasteiger partial charge in [0.1, 0.15) is 0 Å². The highest BCUT2D eigenvalue weighted by atomic mass is 16.4. The molecule has 0 aromatic heterocycles. The van der Waals surface area contributed by atoms with Crippen LogP contribution in [0.3, 0.4) is 0 Å². The molecule has 0 aromatic carbocycles. The summed E-state index contributed by atoms with van der Waals surface area (Å²) in [6.45, 7) is 5.89. The first-order chi connectivity index (χ1) is 8.64. The molecule has 0 heterocycles. The summed E-state index contributed by atoms with van der Waals surface area (Å²) < 4.78 is 0. The lowest BCUT2D eigenvalue weighted by molar-refractivity contribution is -0.180. The van der Waals surface area contributed by atoms with Crippen LogP contribution in [-0.2, 0) is 0 Å². The molecule has 4 fully saturated rings. The first kappa shape index (κ1) is 13.2. The molecule has 2 atom stereocenters. The minimum Gasteiger partial charge on any atom is -0.465 e. The van der Waals surface area contributed by atoms with E-state index >= 15 is 0 Å². The molecule has 4 saturated carbocycles. The minimum atomic E-state index is -0.835. The van der Waals surface area contributed by atoms with Gasteiger partial charge in [-0.1, -0.05) is 0 Å². The van der Waals surface area contributed by atoms with Crippen LogP contribution < -0.4 is 0 Å². The van der Waals surface area contributed by atoms with Crippen molar-refractivity contribution in [1.29, 1.82) is 0 Å². The summed E-state index contributed by atoms with van der Waals surface area (Å²) in [4.78, 5) is 13.5. The Bertz CT molecular complexity index is 398. The third-order valence-corrected chi connectivity index (χ3v) is 5.34. The van der Waals surface area contributed by atoms with E-state index in [1.807, 2.05) is 20.8 Å². The van der Waals surface area contributed by atoms with Gasteiger partial charge in [-0.05, 0) is 71.1 Å². The van der Waals surface area contributed by atoms with Crippen molar-refractivity contribution in [2.75, 3.05) is 0 Å². The van der Waals surface area contributed by atoms with Gasteiger partial charge >= 0.3 is 6.09 Å². The number of carbonyl (C=O) groups is 1. The smallest absolute Gasteiger partial charge is 0.408 e. The van der Waals surface area contributed by atoms with Gasteiger partial charge in [0.15, 0.2) is 0 Å². The van der Waals surface area contributed by atoms with Crippen molar-refractivity contribution >= 4 is 6.09 Å². The Balaban J connectivity index is 2.00. The minimum absolute atomic E-state index is 0.330. The van der Waals surface area contributed by atoms with Gasteiger partial charge in [0.2, 0.25) is 0 Å². The molecule has 0 aromatic rings. The number of amides is 1. The Labute approximate surface area is 114 Å². The molecule has 2 N–H and O–H groups in total. The van der Waals surface area contributed by atoms with Gasteiger partial charge in [0, 0.05) is 5.54 Å². The maximum absolute atomic E-state index is 11.8. The molecule has 0 aliphatic heterocycles. The SMILES string of the molecule is CC(C)(C)N(C(=O)O)C12CC3CC(CC(O)(C3)C1)C2. The van der Waals surface area contributed by atoms with Crippen LogP contribution in [0.5, 0.6) is 0 Å². The number of aliphatic hydroxyl groups is 1. The number of hydrogen-bond acceptors (Lipinski definition) is 2. The zero-order valence-electron chi connectivity index (χ0n) is 12.1. The van der Waals surface area contributed by atoms with E-state index in [1.165, 1.54) is 6.42 Å². The van der Waals surface area contributed by atoms with Crippen LogP contribution in [0.2, 0.25) is 0 Å². The Morgan fingerprint density at radius 1 is 1.16 bits per heavy atom. The van der Waals surface area contributed by atoms with Crippen LogP contribution in [0.1, 0.15) is 59.3 Å². The predicted octanol–water partition coefficient (Wildman–Crippen LogP) is 2.85. The maximum atomic E-state index is 11.8. The lowest BCUT2D eigenvalue weighted by atomic mass is 9.50. The van der Waals surface area contributed by atoms with E-state index in [9.17, 15) is 15.0 Å². The van der Waals surface area contributed by atoms with E-state index in [1.54, 1.807) is 4.90 Å². The maximum Gasteiger partial charge on any atom is 0.408 e. The van der Waals surface area contributed by atoms with Crippen LogP contribution >= 0.6 is 0 Å². The Morgan fingerprint density at radius 3 is 2.05 bits per heavy atom. The second-order valence-corrected chi connectivity index (χ2v) is 8.20. The van der Waals surface area contributed by atoms with Crippen molar-refractivity contribution in [2.45, 2.75) is 76.0 Å². The topological polar surface area (TPSA) is 60.8 Å². The van der Waals surface area contributed by atoms with Crippen molar-refractivity contribution in [2.24, 2.45) is 11.8 Å². The second kappa shape index (κ2) is 3.66. The normalized spacial score (nSPS) is 44.4. The molecule has 0 spiro atoms. The van der Waals surface area contributed by atoms with Crippen molar-refractivity contribution < 1.29 is 15.0 Å². The van der Waals surface area contributed by atoms with Crippen LogP contribution in [0.15, 0.2) is 0 Å². The summed E-state index contributed by atoms with van der Waals surface area (Å²) in [6.07, 6.45) is 4.62. The lowest BCUT2D eigenvalue weighted by Gasteiger charge is -2.64. The Hall–Kier alpha value is -0.770. The summed E-state index contributed by atoms with van der Waals surface area (Å²) in [7, 11) is 0. The first-order valence-corrected chi connectivity index (χ1v) is 7.39. The molecule has 4 aliphatic carbocycles. The summed E-state index contributed by atoms with van der Waals surface area (Å²) in [5, 5.41) is 20.4. The monoisotopic (exact) mass is 267 g/mol. The molecule has 4 bridgehead atoms. The fourth-order valence-corrected chi connectivity index (χ4v) is 5.63. The van der Waals surface area contributed by atoms with E-state index in [2.05, 4.69) is 0 Å². The molecule has 108 valence electrons. The van der Waals surface area contributed by atoms with Crippen LogP contribution in [0.25, 0.3) is 0 Å². The Morgan fingerprint density at radius 2 is 1.68 bits per heavy atom. The third kappa shape index (κ3) is 1.95. The third-order valence-electron chi connectivity index (χ3n) is 5.34. The van der Waals surface area contributed by atoms with Crippen LogP contribution in [-0.4, -0.2) is 37.9 Å². The number of hydrogen-bond donors (Lipinski definition) is 2. The summed E-state index contributed by atoms with van der Waals surface area (Å²) >= 11 is 0. The summed E-state index contributed by atoms with van der Waals surface area (Å²) in [5.41, 5.74) is -1.35. The molecule has 4 nitrogen and oxygen atoms in total. The quantitative estimate of drug-likeness (QED) is 0.768. The van der Waals surface area contributed by atoms with Crippen LogP contribution in [0.4, 0.5) is 4.79 Å². The molecule has 0 radical (unpaired) electrons. The molecule has 19 heavy (non-hydrogen) atoms. The van der Waals surface area contributed by atoms with E-state index in [4.69, 9.17) is 0 Å². The highest BCUT2D eigenvalue weighted by molar-refractivity contribution is 5.67. The van der Waals surface area contributed by atoms with Gasteiger partial charge < -0.3 is 10.2 Å². The van der Waals surface area contributed by atoms with Crippen molar-refractivity contribution in [3.05, 3.63) is 0 Å². The zero-order chi connectivity index (χ0) is 14.1.